The van der Waals surface area contributed by atoms with Crippen LogP contribution in [-0.2, 0) is 9.84 Å². The lowest BCUT2D eigenvalue weighted by molar-refractivity contribution is 0.0593. The third kappa shape index (κ3) is 3.77. The minimum atomic E-state index is -3.29. The normalized spacial score (nSPS) is 25.1. The van der Waals surface area contributed by atoms with E-state index in [0.717, 1.165) is 31.6 Å². The van der Waals surface area contributed by atoms with Crippen LogP contribution in [0.15, 0.2) is 29.2 Å². The standard InChI is InChI=1S/C18H25NO3S/c1-13-6-8-15(9-7-13)19(16-10-11-16)18(20)14-4-3-5-17(12-14)23(2,21)22/h3-5,12-13,15-16H,6-11H2,1-2H3. The van der Waals surface area contributed by atoms with E-state index in [1.165, 1.54) is 25.2 Å². The summed E-state index contributed by atoms with van der Waals surface area (Å²) in [6.07, 6.45) is 7.80. The van der Waals surface area contributed by atoms with E-state index >= 15 is 0 Å². The predicted octanol–water partition coefficient (Wildman–Crippen LogP) is 3.27. The summed E-state index contributed by atoms with van der Waals surface area (Å²) in [7, 11) is -3.29. The van der Waals surface area contributed by atoms with Gasteiger partial charge in [-0.15, -0.1) is 0 Å². The maximum atomic E-state index is 13.0. The molecule has 0 N–H and O–H groups in total. The van der Waals surface area contributed by atoms with Crippen LogP contribution < -0.4 is 0 Å². The molecule has 2 fully saturated rings. The summed E-state index contributed by atoms with van der Waals surface area (Å²) in [6.45, 7) is 2.27. The zero-order valence-electron chi connectivity index (χ0n) is 13.9. The van der Waals surface area contributed by atoms with Crippen molar-refractivity contribution in [3.8, 4) is 0 Å². The fourth-order valence-electron chi connectivity index (χ4n) is 3.51. The van der Waals surface area contributed by atoms with Crippen LogP contribution in [0, 0.1) is 5.92 Å². The second kappa shape index (κ2) is 6.27. The number of carbonyl (C=O) groups excluding carboxylic acids is 1. The molecule has 1 aromatic rings. The number of rotatable bonds is 4. The van der Waals surface area contributed by atoms with E-state index in [1.54, 1.807) is 18.2 Å². The molecular weight excluding hydrogens is 310 g/mol. The minimum absolute atomic E-state index is 0.00227. The molecule has 0 saturated heterocycles. The lowest BCUT2D eigenvalue weighted by atomic mass is 9.86. The molecule has 0 aromatic heterocycles. The molecule has 4 nitrogen and oxygen atoms in total. The number of benzene rings is 1. The second-order valence-electron chi connectivity index (χ2n) is 7.16. The summed E-state index contributed by atoms with van der Waals surface area (Å²) >= 11 is 0. The lowest BCUT2D eigenvalue weighted by Gasteiger charge is -2.36. The predicted molar refractivity (Wildman–Crippen MR) is 90.2 cm³/mol. The summed E-state index contributed by atoms with van der Waals surface area (Å²) in [5.74, 6) is 0.744. The highest BCUT2D eigenvalue weighted by Gasteiger charge is 2.38. The van der Waals surface area contributed by atoms with Crippen LogP contribution in [0.25, 0.3) is 0 Å². The number of carbonyl (C=O) groups is 1. The Morgan fingerprint density at radius 2 is 1.61 bits per heavy atom. The summed E-state index contributed by atoms with van der Waals surface area (Å²) in [5, 5.41) is 0. The van der Waals surface area contributed by atoms with Gasteiger partial charge in [0.15, 0.2) is 9.84 Å². The van der Waals surface area contributed by atoms with Crippen molar-refractivity contribution < 1.29 is 13.2 Å². The number of sulfone groups is 1. The molecule has 0 radical (unpaired) electrons. The molecule has 5 heteroatoms. The van der Waals surface area contributed by atoms with Gasteiger partial charge < -0.3 is 4.90 Å². The van der Waals surface area contributed by atoms with E-state index in [1.807, 2.05) is 4.90 Å². The summed E-state index contributed by atoms with van der Waals surface area (Å²) in [4.78, 5) is 15.3. The molecule has 2 aliphatic rings. The molecule has 1 amide bonds. The van der Waals surface area contributed by atoms with Gasteiger partial charge >= 0.3 is 0 Å². The Balaban J connectivity index is 1.84. The SMILES string of the molecule is CC1CCC(N(C(=O)c2cccc(S(C)(=O)=O)c2)C2CC2)CC1. The first kappa shape index (κ1) is 16.5. The van der Waals surface area contributed by atoms with Crippen molar-refractivity contribution >= 4 is 15.7 Å². The van der Waals surface area contributed by atoms with Crippen molar-refractivity contribution in [2.24, 2.45) is 5.92 Å². The lowest BCUT2D eigenvalue weighted by Crippen LogP contribution is -2.43. The van der Waals surface area contributed by atoms with E-state index in [0.29, 0.717) is 17.6 Å². The monoisotopic (exact) mass is 335 g/mol. The quantitative estimate of drug-likeness (QED) is 0.848. The molecule has 0 heterocycles. The first-order chi connectivity index (χ1) is 10.9. The average Bonchev–Trinajstić information content (AvgIpc) is 3.33. The van der Waals surface area contributed by atoms with Crippen molar-refractivity contribution in [1.82, 2.24) is 4.90 Å². The molecule has 0 aliphatic heterocycles. The Kier molecular flexibility index (Phi) is 4.50. The fourth-order valence-corrected chi connectivity index (χ4v) is 4.18. The minimum Gasteiger partial charge on any atom is -0.333 e. The smallest absolute Gasteiger partial charge is 0.254 e. The highest BCUT2D eigenvalue weighted by atomic mass is 32.2. The fraction of sp³-hybridized carbons (Fsp3) is 0.611. The summed E-state index contributed by atoms with van der Waals surface area (Å²) < 4.78 is 23.5. The van der Waals surface area contributed by atoms with Gasteiger partial charge in [-0.25, -0.2) is 8.42 Å². The molecule has 2 saturated carbocycles. The highest BCUT2D eigenvalue weighted by Crippen LogP contribution is 2.36. The van der Waals surface area contributed by atoms with Crippen molar-refractivity contribution in [2.75, 3.05) is 6.26 Å². The average molecular weight is 335 g/mol. The first-order valence-corrected chi connectivity index (χ1v) is 10.4. The molecule has 0 unspecified atom stereocenters. The Labute approximate surface area is 138 Å². The molecule has 0 spiro atoms. The molecule has 126 valence electrons. The molecule has 2 aliphatic carbocycles. The maximum Gasteiger partial charge on any atom is 0.254 e. The molecule has 3 rings (SSSR count). The number of nitrogens with zero attached hydrogens (tertiary/aromatic N) is 1. The number of amides is 1. The van der Waals surface area contributed by atoms with Gasteiger partial charge in [-0.05, 0) is 62.6 Å². The van der Waals surface area contributed by atoms with Crippen LogP contribution in [0.2, 0.25) is 0 Å². The largest absolute Gasteiger partial charge is 0.333 e. The number of hydrogen-bond acceptors (Lipinski definition) is 3. The summed E-state index contributed by atoms with van der Waals surface area (Å²) in [5.41, 5.74) is 0.499. The van der Waals surface area contributed by atoms with Crippen molar-refractivity contribution in [3.63, 3.8) is 0 Å². The topological polar surface area (TPSA) is 54.5 Å². The van der Waals surface area contributed by atoms with Crippen LogP contribution in [-0.4, -0.2) is 37.6 Å². The van der Waals surface area contributed by atoms with E-state index < -0.39 is 9.84 Å². The molecule has 1 aromatic carbocycles. The van der Waals surface area contributed by atoms with E-state index in [2.05, 4.69) is 6.92 Å². The zero-order chi connectivity index (χ0) is 16.6. The third-order valence-corrected chi connectivity index (χ3v) is 6.17. The number of hydrogen-bond donors (Lipinski definition) is 0. The van der Waals surface area contributed by atoms with Gasteiger partial charge in [-0.3, -0.25) is 4.79 Å². The van der Waals surface area contributed by atoms with Gasteiger partial charge in [0.1, 0.15) is 0 Å². The van der Waals surface area contributed by atoms with Gasteiger partial charge in [0.25, 0.3) is 5.91 Å². The van der Waals surface area contributed by atoms with Gasteiger partial charge in [0.2, 0.25) is 0 Å². The van der Waals surface area contributed by atoms with Crippen molar-refractivity contribution in [2.45, 2.75) is 62.4 Å². The second-order valence-corrected chi connectivity index (χ2v) is 9.17. The third-order valence-electron chi connectivity index (χ3n) is 5.06. The van der Waals surface area contributed by atoms with E-state index in [9.17, 15) is 13.2 Å². The van der Waals surface area contributed by atoms with Gasteiger partial charge in [-0.1, -0.05) is 13.0 Å². The van der Waals surface area contributed by atoms with E-state index in [-0.39, 0.29) is 10.8 Å². The summed E-state index contributed by atoms with van der Waals surface area (Å²) in [6, 6.07) is 7.14. The van der Waals surface area contributed by atoms with E-state index in [4.69, 9.17) is 0 Å². The molecular formula is C18H25NO3S. The van der Waals surface area contributed by atoms with Crippen LogP contribution in [0.4, 0.5) is 0 Å². The van der Waals surface area contributed by atoms with Gasteiger partial charge in [-0.2, -0.15) is 0 Å². The van der Waals surface area contributed by atoms with Crippen LogP contribution in [0.1, 0.15) is 55.8 Å². The molecule has 0 bridgehead atoms. The Bertz CT molecular complexity index is 686. The van der Waals surface area contributed by atoms with Crippen molar-refractivity contribution in [1.29, 1.82) is 0 Å². The van der Waals surface area contributed by atoms with Gasteiger partial charge in [0, 0.05) is 23.9 Å². The first-order valence-electron chi connectivity index (χ1n) is 8.49. The Morgan fingerprint density at radius 1 is 1.04 bits per heavy atom. The van der Waals surface area contributed by atoms with Crippen LogP contribution >= 0.6 is 0 Å². The van der Waals surface area contributed by atoms with Crippen LogP contribution in [0.5, 0.6) is 0 Å². The Hall–Kier alpha value is -1.36. The molecule has 0 atom stereocenters. The highest BCUT2D eigenvalue weighted by molar-refractivity contribution is 7.90. The van der Waals surface area contributed by atoms with Gasteiger partial charge in [0.05, 0.1) is 4.90 Å². The van der Waals surface area contributed by atoms with Crippen molar-refractivity contribution in [3.05, 3.63) is 29.8 Å². The molecule has 23 heavy (non-hydrogen) atoms. The maximum absolute atomic E-state index is 13.0. The Morgan fingerprint density at radius 3 is 2.13 bits per heavy atom. The van der Waals surface area contributed by atoms with Crippen LogP contribution in [0.3, 0.4) is 0 Å². The zero-order valence-corrected chi connectivity index (χ0v) is 14.7.